The lowest BCUT2D eigenvalue weighted by molar-refractivity contribution is -0.120. The number of carbonyl (C=O) groups is 1. The average molecular weight is 424 g/mol. The van der Waals surface area contributed by atoms with Gasteiger partial charge >= 0.3 is 0 Å². The van der Waals surface area contributed by atoms with Crippen LogP contribution in [0.25, 0.3) is 0 Å². The van der Waals surface area contributed by atoms with Crippen molar-refractivity contribution in [1.82, 2.24) is 20.1 Å². The molecule has 0 bridgehead atoms. The number of primary sulfonamides is 1. The Morgan fingerprint density at radius 1 is 1.32 bits per heavy atom. The van der Waals surface area contributed by atoms with Crippen LogP contribution < -0.4 is 10.5 Å². The zero-order chi connectivity index (χ0) is 20.3. The molecule has 2 aromatic rings. The van der Waals surface area contributed by atoms with Crippen LogP contribution in [0, 0.1) is 0 Å². The summed E-state index contributed by atoms with van der Waals surface area (Å²) in [6.07, 6.45) is 2.93. The first-order valence-electron chi connectivity index (χ1n) is 9.28. The van der Waals surface area contributed by atoms with Gasteiger partial charge < -0.3 is 9.88 Å². The Kier molecular flexibility index (Phi) is 6.41. The van der Waals surface area contributed by atoms with Crippen LogP contribution in [0.3, 0.4) is 0 Å². The molecule has 1 aromatic carbocycles. The third kappa shape index (κ3) is 5.12. The molecule has 0 spiro atoms. The summed E-state index contributed by atoms with van der Waals surface area (Å²) in [7, 11) is -3.69. The topological polar surface area (TPSA) is 120 Å². The Balaban J connectivity index is 1.49. The van der Waals surface area contributed by atoms with E-state index in [1.54, 1.807) is 12.1 Å². The molecule has 1 amide bonds. The molecule has 1 aliphatic carbocycles. The monoisotopic (exact) mass is 423 g/mol. The van der Waals surface area contributed by atoms with Gasteiger partial charge in [-0.05, 0) is 50.8 Å². The van der Waals surface area contributed by atoms with Gasteiger partial charge in [0.05, 0.1) is 10.1 Å². The molecule has 28 heavy (non-hydrogen) atoms. The Morgan fingerprint density at radius 2 is 2.00 bits per heavy atom. The Labute approximate surface area is 169 Å². The highest BCUT2D eigenvalue weighted by Gasteiger charge is 2.30. The maximum absolute atomic E-state index is 12.4. The fourth-order valence-electron chi connectivity index (χ4n) is 2.86. The molecule has 3 rings (SSSR count). The summed E-state index contributed by atoms with van der Waals surface area (Å²) in [5.41, 5.74) is 0.924. The zero-order valence-corrected chi connectivity index (χ0v) is 17.6. The van der Waals surface area contributed by atoms with E-state index in [4.69, 9.17) is 5.14 Å². The van der Waals surface area contributed by atoms with Crippen LogP contribution in [-0.4, -0.2) is 40.9 Å². The SMILES string of the molecule is CCn1c(S[C@@H](C)C(=O)NCCc2ccc(S(N)(=O)=O)cc2)nnc1C1CC1. The molecule has 1 aromatic heterocycles. The van der Waals surface area contributed by atoms with Gasteiger partial charge in [0.25, 0.3) is 0 Å². The van der Waals surface area contributed by atoms with Crippen LogP contribution in [0.2, 0.25) is 0 Å². The van der Waals surface area contributed by atoms with Crippen LogP contribution in [0.1, 0.15) is 44.0 Å². The number of nitrogens with zero attached hydrogens (tertiary/aromatic N) is 3. The third-order valence-electron chi connectivity index (χ3n) is 4.62. The first-order chi connectivity index (χ1) is 13.3. The summed E-state index contributed by atoms with van der Waals surface area (Å²) in [5, 5.41) is 17.1. The van der Waals surface area contributed by atoms with E-state index in [2.05, 4.69) is 27.0 Å². The average Bonchev–Trinajstić information content (AvgIpc) is 3.42. The third-order valence-corrected chi connectivity index (χ3v) is 6.63. The molecule has 1 atom stereocenters. The molecule has 1 aliphatic rings. The van der Waals surface area contributed by atoms with E-state index in [1.807, 2.05) is 6.92 Å². The van der Waals surface area contributed by atoms with Crippen molar-refractivity contribution in [2.24, 2.45) is 5.14 Å². The fourth-order valence-corrected chi connectivity index (χ4v) is 4.32. The number of carbonyl (C=O) groups excluding carboxylic acids is 1. The zero-order valence-electron chi connectivity index (χ0n) is 16.0. The van der Waals surface area contributed by atoms with E-state index in [0.29, 0.717) is 18.9 Å². The second-order valence-corrected chi connectivity index (χ2v) is 9.72. The van der Waals surface area contributed by atoms with Crippen LogP contribution in [0.5, 0.6) is 0 Å². The molecule has 0 unspecified atom stereocenters. The van der Waals surface area contributed by atoms with Crippen molar-refractivity contribution in [2.75, 3.05) is 6.54 Å². The number of nitrogens with two attached hydrogens (primary N) is 1. The van der Waals surface area contributed by atoms with Gasteiger partial charge in [-0.15, -0.1) is 10.2 Å². The van der Waals surface area contributed by atoms with Gasteiger partial charge in [-0.1, -0.05) is 23.9 Å². The molecule has 1 heterocycles. The number of aromatic nitrogens is 3. The van der Waals surface area contributed by atoms with Gasteiger partial charge in [-0.2, -0.15) is 0 Å². The largest absolute Gasteiger partial charge is 0.355 e. The quantitative estimate of drug-likeness (QED) is 0.592. The second-order valence-electron chi connectivity index (χ2n) is 6.85. The predicted octanol–water partition coefficient (Wildman–Crippen LogP) is 1.66. The van der Waals surface area contributed by atoms with Crippen molar-refractivity contribution in [2.45, 2.75) is 60.9 Å². The number of hydrogen-bond donors (Lipinski definition) is 2. The van der Waals surface area contributed by atoms with Crippen molar-refractivity contribution < 1.29 is 13.2 Å². The van der Waals surface area contributed by atoms with E-state index in [0.717, 1.165) is 35.9 Å². The lowest BCUT2D eigenvalue weighted by Gasteiger charge is -2.13. The molecule has 0 aliphatic heterocycles. The first kappa shape index (κ1) is 20.8. The lowest BCUT2D eigenvalue weighted by Crippen LogP contribution is -2.32. The summed E-state index contributed by atoms with van der Waals surface area (Å²) in [6.45, 7) is 5.17. The van der Waals surface area contributed by atoms with Gasteiger partial charge in [-0.3, -0.25) is 4.79 Å². The minimum Gasteiger partial charge on any atom is -0.355 e. The van der Waals surface area contributed by atoms with E-state index < -0.39 is 10.0 Å². The summed E-state index contributed by atoms with van der Waals surface area (Å²) in [4.78, 5) is 12.5. The van der Waals surface area contributed by atoms with Crippen LogP contribution in [0.15, 0.2) is 34.3 Å². The van der Waals surface area contributed by atoms with Gasteiger partial charge in [0.1, 0.15) is 5.82 Å². The van der Waals surface area contributed by atoms with Crippen molar-refractivity contribution >= 4 is 27.7 Å². The highest BCUT2D eigenvalue weighted by Crippen LogP contribution is 2.40. The van der Waals surface area contributed by atoms with Crippen molar-refractivity contribution in [3.8, 4) is 0 Å². The van der Waals surface area contributed by atoms with Gasteiger partial charge in [0.2, 0.25) is 15.9 Å². The highest BCUT2D eigenvalue weighted by molar-refractivity contribution is 8.00. The van der Waals surface area contributed by atoms with E-state index in [9.17, 15) is 13.2 Å². The van der Waals surface area contributed by atoms with Gasteiger partial charge in [0, 0.05) is 19.0 Å². The Hall–Kier alpha value is -1.91. The summed E-state index contributed by atoms with van der Waals surface area (Å²) < 4.78 is 24.6. The summed E-state index contributed by atoms with van der Waals surface area (Å²) in [6, 6.07) is 6.35. The molecular weight excluding hydrogens is 398 g/mol. The van der Waals surface area contributed by atoms with Crippen LogP contribution >= 0.6 is 11.8 Å². The number of benzene rings is 1. The van der Waals surface area contributed by atoms with E-state index >= 15 is 0 Å². The number of thioether (sulfide) groups is 1. The van der Waals surface area contributed by atoms with Crippen molar-refractivity contribution in [1.29, 1.82) is 0 Å². The molecule has 8 nitrogen and oxygen atoms in total. The lowest BCUT2D eigenvalue weighted by atomic mass is 10.1. The molecule has 1 fully saturated rings. The second kappa shape index (κ2) is 8.62. The number of amides is 1. The Morgan fingerprint density at radius 3 is 2.57 bits per heavy atom. The van der Waals surface area contributed by atoms with Crippen LogP contribution in [-0.2, 0) is 27.8 Å². The molecule has 3 N–H and O–H groups in total. The number of nitrogens with one attached hydrogen (secondary N) is 1. The fraction of sp³-hybridized carbons (Fsp3) is 0.500. The number of sulfonamides is 1. The molecule has 10 heteroatoms. The van der Waals surface area contributed by atoms with E-state index in [1.165, 1.54) is 23.9 Å². The van der Waals surface area contributed by atoms with Gasteiger partial charge in [-0.25, -0.2) is 13.6 Å². The molecule has 1 saturated carbocycles. The van der Waals surface area contributed by atoms with Crippen molar-refractivity contribution in [3.05, 3.63) is 35.7 Å². The van der Waals surface area contributed by atoms with Crippen molar-refractivity contribution in [3.63, 3.8) is 0 Å². The minimum absolute atomic E-state index is 0.0650. The van der Waals surface area contributed by atoms with Crippen LogP contribution in [0.4, 0.5) is 0 Å². The number of rotatable bonds is 9. The van der Waals surface area contributed by atoms with Gasteiger partial charge in [0.15, 0.2) is 5.16 Å². The first-order valence-corrected chi connectivity index (χ1v) is 11.7. The summed E-state index contributed by atoms with van der Waals surface area (Å²) in [5.74, 6) is 1.48. The summed E-state index contributed by atoms with van der Waals surface area (Å²) >= 11 is 1.42. The highest BCUT2D eigenvalue weighted by atomic mass is 32.2. The maximum Gasteiger partial charge on any atom is 0.238 e. The maximum atomic E-state index is 12.4. The minimum atomic E-state index is -3.69. The normalized spacial score (nSPS) is 15.4. The number of hydrogen-bond acceptors (Lipinski definition) is 6. The standard InChI is InChI=1S/C18H25N5O3S2/c1-3-23-16(14-6-7-14)21-22-18(23)27-12(2)17(24)20-11-10-13-4-8-15(9-5-13)28(19,25)26/h4-5,8-9,12,14H,3,6-7,10-11H2,1-2H3,(H,20,24)(H2,19,25,26)/t12-/m0/s1. The predicted molar refractivity (Wildman–Crippen MR) is 108 cm³/mol. The Bertz CT molecular complexity index is 937. The molecule has 152 valence electrons. The molecule has 0 radical (unpaired) electrons. The molecule has 0 saturated heterocycles. The van der Waals surface area contributed by atoms with E-state index in [-0.39, 0.29) is 16.1 Å². The molecular formula is C18H25N5O3S2. The smallest absolute Gasteiger partial charge is 0.238 e.